The zero-order chi connectivity index (χ0) is 13.8. The largest absolute Gasteiger partial charge is 0.358 e. The molecule has 2 heteroatoms. The van der Waals surface area contributed by atoms with Crippen LogP contribution in [0.4, 0.5) is 0 Å². The molecule has 0 aliphatic rings. The maximum absolute atomic E-state index is 3.54. The van der Waals surface area contributed by atoms with Gasteiger partial charge in [0, 0.05) is 22.7 Å². The molecule has 0 aliphatic carbocycles. The van der Waals surface area contributed by atoms with Crippen molar-refractivity contribution in [2.45, 2.75) is 24.9 Å². The molecule has 0 amide bonds. The fourth-order valence-electron chi connectivity index (χ4n) is 2.39. The molecule has 0 atom stereocenters. The summed E-state index contributed by atoms with van der Waals surface area (Å²) < 4.78 is 0. The molecule has 0 bridgehead atoms. The van der Waals surface area contributed by atoms with Crippen LogP contribution in [0.2, 0.25) is 0 Å². The minimum Gasteiger partial charge on any atom is -0.358 e. The summed E-state index contributed by atoms with van der Waals surface area (Å²) in [6, 6.07) is 19.6. The Hall–Kier alpha value is -1.67. The third kappa shape index (κ3) is 3.07. The number of aryl methyl sites for hydroxylation is 1. The average molecular weight is 281 g/mol. The van der Waals surface area contributed by atoms with Gasteiger partial charge in [0.05, 0.1) is 0 Å². The molecule has 0 saturated heterocycles. The highest BCUT2D eigenvalue weighted by molar-refractivity contribution is 7.97. The van der Waals surface area contributed by atoms with Crippen molar-refractivity contribution in [1.82, 2.24) is 4.98 Å². The summed E-state index contributed by atoms with van der Waals surface area (Å²) in [6.07, 6.45) is 1.09. The summed E-state index contributed by atoms with van der Waals surface area (Å²) in [4.78, 5) is 3.54. The van der Waals surface area contributed by atoms with E-state index in [2.05, 4.69) is 66.5 Å². The Kier molecular flexibility index (Phi) is 4.12. The molecule has 1 aromatic heterocycles. The fourth-order valence-corrected chi connectivity index (χ4v) is 3.29. The molecule has 1 nitrogen and oxygen atoms in total. The van der Waals surface area contributed by atoms with E-state index in [0.717, 1.165) is 17.9 Å². The van der Waals surface area contributed by atoms with Crippen molar-refractivity contribution in [2.75, 3.05) is 0 Å². The Morgan fingerprint density at radius 3 is 2.55 bits per heavy atom. The van der Waals surface area contributed by atoms with Crippen molar-refractivity contribution in [1.29, 1.82) is 0 Å². The van der Waals surface area contributed by atoms with E-state index in [9.17, 15) is 0 Å². The number of benzene rings is 2. The van der Waals surface area contributed by atoms with Gasteiger partial charge in [-0.3, -0.25) is 0 Å². The first-order valence-electron chi connectivity index (χ1n) is 7.07. The van der Waals surface area contributed by atoms with Gasteiger partial charge < -0.3 is 4.98 Å². The number of hydrogen-bond acceptors (Lipinski definition) is 1. The van der Waals surface area contributed by atoms with Crippen LogP contribution in [0.15, 0.2) is 54.6 Å². The van der Waals surface area contributed by atoms with Crippen molar-refractivity contribution >= 4 is 22.7 Å². The predicted octanol–water partition coefficient (Wildman–Crippen LogP) is 5.16. The number of rotatable bonds is 5. The topological polar surface area (TPSA) is 15.8 Å². The van der Waals surface area contributed by atoms with Gasteiger partial charge in [0.1, 0.15) is 0 Å². The van der Waals surface area contributed by atoms with Crippen molar-refractivity contribution in [3.63, 3.8) is 0 Å². The highest BCUT2D eigenvalue weighted by Crippen LogP contribution is 2.22. The minimum absolute atomic E-state index is 1.03. The van der Waals surface area contributed by atoms with E-state index in [0.29, 0.717) is 0 Å². The van der Waals surface area contributed by atoms with Crippen LogP contribution in [0.25, 0.3) is 10.9 Å². The monoisotopic (exact) mass is 281 g/mol. The predicted molar refractivity (Wildman–Crippen MR) is 89.1 cm³/mol. The van der Waals surface area contributed by atoms with Crippen molar-refractivity contribution in [2.24, 2.45) is 0 Å². The highest BCUT2D eigenvalue weighted by atomic mass is 32.2. The first-order valence-corrected chi connectivity index (χ1v) is 8.23. The van der Waals surface area contributed by atoms with Crippen LogP contribution in [-0.4, -0.2) is 4.98 Å². The van der Waals surface area contributed by atoms with E-state index in [-0.39, 0.29) is 0 Å². The van der Waals surface area contributed by atoms with Gasteiger partial charge in [-0.15, -0.1) is 0 Å². The first-order chi connectivity index (χ1) is 9.85. The quantitative estimate of drug-likeness (QED) is 0.682. The summed E-state index contributed by atoms with van der Waals surface area (Å²) in [6.45, 7) is 2.20. The summed E-state index contributed by atoms with van der Waals surface area (Å²) >= 11 is 1.95. The zero-order valence-electron chi connectivity index (χ0n) is 11.7. The lowest BCUT2D eigenvalue weighted by Gasteiger charge is -2.00. The summed E-state index contributed by atoms with van der Waals surface area (Å²) in [5.41, 5.74) is 5.36. The molecule has 102 valence electrons. The zero-order valence-corrected chi connectivity index (χ0v) is 12.5. The summed E-state index contributed by atoms with van der Waals surface area (Å²) in [5.74, 6) is 2.10. The molecule has 2 aromatic carbocycles. The van der Waals surface area contributed by atoms with Gasteiger partial charge in [-0.05, 0) is 35.1 Å². The van der Waals surface area contributed by atoms with Gasteiger partial charge in [0.25, 0.3) is 0 Å². The molecule has 20 heavy (non-hydrogen) atoms. The summed E-state index contributed by atoms with van der Waals surface area (Å²) in [5, 5.41) is 1.32. The van der Waals surface area contributed by atoms with Crippen LogP contribution in [0, 0.1) is 0 Å². The number of nitrogens with one attached hydrogen (secondary N) is 1. The Labute approximate surface area is 124 Å². The first kappa shape index (κ1) is 13.3. The molecule has 3 aromatic rings. The third-order valence-electron chi connectivity index (χ3n) is 3.52. The van der Waals surface area contributed by atoms with Crippen LogP contribution >= 0.6 is 11.8 Å². The van der Waals surface area contributed by atoms with Gasteiger partial charge in [0.2, 0.25) is 0 Å². The highest BCUT2D eigenvalue weighted by Gasteiger charge is 2.02. The van der Waals surface area contributed by atoms with Crippen molar-refractivity contribution < 1.29 is 0 Å². The standard InChI is InChI=1S/C18H19NS/c1-2-14-8-9-16-11-17(19-18(16)10-14)13-20-12-15-6-4-3-5-7-15/h3-11,19H,2,12-13H2,1H3. The number of fused-ring (bicyclic) bond motifs is 1. The second kappa shape index (κ2) is 6.19. The smallest absolute Gasteiger partial charge is 0.0459 e. The van der Waals surface area contributed by atoms with Gasteiger partial charge in [-0.25, -0.2) is 0 Å². The lowest BCUT2D eigenvalue weighted by molar-refractivity contribution is 1.14. The van der Waals surface area contributed by atoms with Gasteiger partial charge in [-0.1, -0.05) is 49.4 Å². The maximum Gasteiger partial charge on any atom is 0.0459 e. The van der Waals surface area contributed by atoms with Crippen LogP contribution < -0.4 is 0 Å². The van der Waals surface area contributed by atoms with E-state index in [1.165, 1.54) is 27.7 Å². The van der Waals surface area contributed by atoms with Crippen LogP contribution in [0.3, 0.4) is 0 Å². The molecule has 3 rings (SSSR count). The molecule has 1 heterocycles. The minimum atomic E-state index is 1.03. The molecule has 0 fully saturated rings. The number of aromatic nitrogens is 1. The Morgan fingerprint density at radius 2 is 1.75 bits per heavy atom. The van der Waals surface area contributed by atoms with E-state index in [4.69, 9.17) is 0 Å². The number of hydrogen-bond donors (Lipinski definition) is 1. The van der Waals surface area contributed by atoms with E-state index < -0.39 is 0 Å². The molecular formula is C18H19NS. The Morgan fingerprint density at radius 1 is 0.900 bits per heavy atom. The molecule has 0 aliphatic heterocycles. The fraction of sp³-hybridized carbons (Fsp3) is 0.222. The van der Waals surface area contributed by atoms with Crippen molar-refractivity contribution in [3.05, 3.63) is 71.4 Å². The molecule has 0 saturated carbocycles. The third-order valence-corrected chi connectivity index (χ3v) is 4.57. The molecular weight excluding hydrogens is 262 g/mol. The van der Waals surface area contributed by atoms with Gasteiger partial charge >= 0.3 is 0 Å². The maximum atomic E-state index is 3.54. The Balaban J connectivity index is 1.66. The lowest BCUT2D eigenvalue weighted by Crippen LogP contribution is -1.83. The van der Waals surface area contributed by atoms with Gasteiger partial charge in [0.15, 0.2) is 0 Å². The van der Waals surface area contributed by atoms with Crippen molar-refractivity contribution in [3.8, 4) is 0 Å². The molecule has 1 N–H and O–H groups in total. The van der Waals surface area contributed by atoms with E-state index >= 15 is 0 Å². The van der Waals surface area contributed by atoms with E-state index in [1.807, 2.05) is 11.8 Å². The Bertz CT molecular complexity index is 685. The number of H-pyrrole nitrogens is 1. The van der Waals surface area contributed by atoms with Crippen LogP contribution in [0.5, 0.6) is 0 Å². The van der Waals surface area contributed by atoms with E-state index in [1.54, 1.807) is 0 Å². The van der Waals surface area contributed by atoms with Crippen LogP contribution in [0.1, 0.15) is 23.7 Å². The normalized spacial score (nSPS) is 11.1. The lowest BCUT2D eigenvalue weighted by atomic mass is 10.1. The van der Waals surface area contributed by atoms with Crippen LogP contribution in [-0.2, 0) is 17.9 Å². The molecule has 0 spiro atoms. The van der Waals surface area contributed by atoms with Gasteiger partial charge in [-0.2, -0.15) is 11.8 Å². The molecule has 0 unspecified atom stereocenters. The SMILES string of the molecule is CCc1ccc2cc(CSCc3ccccc3)[nH]c2c1. The second-order valence-electron chi connectivity index (χ2n) is 5.05. The summed E-state index contributed by atoms with van der Waals surface area (Å²) in [7, 11) is 0. The number of thioether (sulfide) groups is 1. The number of aromatic amines is 1. The second-order valence-corrected chi connectivity index (χ2v) is 6.03. The molecule has 0 radical (unpaired) electrons. The average Bonchev–Trinajstić information content (AvgIpc) is 2.90.